The van der Waals surface area contributed by atoms with Crippen LogP contribution in [0.25, 0.3) is 0 Å². The Kier molecular flexibility index (Phi) is 2.76. The Hall–Kier alpha value is -2.04. The zero-order chi connectivity index (χ0) is 11.5. The summed E-state index contributed by atoms with van der Waals surface area (Å²) in [6.07, 6.45) is 0.761. The summed E-state index contributed by atoms with van der Waals surface area (Å²) in [5.74, 6) is -1.46. The molecule has 0 radical (unpaired) electrons. The van der Waals surface area contributed by atoms with Crippen LogP contribution < -0.4 is 9.47 Å². The van der Waals surface area contributed by atoms with Gasteiger partial charge in [-0.15, -0.1) is 0 Å². The van der Waals surface area contributed by atoms with Gasteiger partial charge >= 0.3 is 5.97 Å². The van der Waals surface area contributed by atoms with Gasteiger partial charge in [-0.25, -0.2) is 4.79 Å². The number of ketones is 1. The van der Waals surface area contributed by atoms with Crippen LogP contribution in [0.4, 0.5) is 0 Å². The van der Waals surface area contributed by atoms with E-state index in [4.69, 9.17) is 14.6 Å². The van der Waals surface area contributed by atoms with Gasteiger partial charge in [0.15, 0.2) is 11.5 Å². The van der Waals surface area contributed by atoms with Gasteiger partial charge in [-0.3, -0.25) is 4.79 Å². The average Bonchev–Trinajstić information content (AvgIpc) is 2.51. The van der Waals surface area contributed by atoms with Crippen molar-refractivity contribution in [1.82, 2.24) is 0 Å². The molecule has 84 valence electrons. The molecule has 0 spiro atoms. The second-order valence-corrected chi connectivity index (χ2v) is 3.35. The smallest absolute Gasteiger partial charge is 0.377 e. The average molecular weight is 222 g/mol. The maximum Gasteiger partial charge on any atom is 0.377 e. The van der Waals surface area contributed by atoms with Gasteiger partial charge in [0.05, 0.1) is 13.2 Å². The minimum Gasteiger partial charge on any atom is -0.490 e. The molecule has 16 heavy (non-hydrogen) atoms. The summed E-state index contributed by atoms with van der Waals surface area (Å²) >= 11 is 0. The summed E-state index contributed by atoms with van der Waals surface area (Å²) in [6, 6.07) is 4.37. The molecule has 1 N–H and O–H groups in total. The van der Waals surface area contributed by atoms with Crippen LogP contribution in [-0.2, 0) is 4.79 Å². The van der Waals surface area contributed by atoms with E-state index in [1.807, 2.05) is 0 Å². The van der Waals surface area contributed by atoms with Gasteiger partial charge in [0, 0.05) is 12.0 Å². The fourth-order valence-electron chi connectivity index (χ4n) is 1.43. The van der Waals surface area contributed by atoms with Crippen LogP contribution in [0.5, 0.6) is 11.5 Å². The Morgan fingerprint density at radius 3 is 2.50 bits per heavy atom. The molecule has 1 aliphatic heterocycles. The number of carbonyl (C=O) groups is 2. The van der Waals surface area contributed by atoms with E-state index in [-0.39, 0.29) is 5.56 Å². The predicted molar refractivity (Wildman–Crippen MR) is 54.0 cm³/mol. The van der Waals surface area contributed by atoms with Crippen LogP contribution in [0.3, 0.4) is 0 Å². The van der Waals surface area contributed by atoms with E-state index in [0.717, 1.165) is 6.42 Å². The lowest BCUT2D eigenvalue weighted by atomic mass is 10.1. The van der Waals surface area contributed by atoms with Gasteiger partial charge in [-0.2, -0.15) is 0 Å². The second-order valence-electron chi connectivity index (χ2n) is 3.35. The van der Waals surface area contributed by atoms with E-state index in [9.17, 15) is 9.59 Å². The minimum atomic E-state index is -1.48. The standard InChI is InChI=1S/C11H10O5/c12-10(11(13)14)7-2-3-8-9(6-7)16-5-1-4-15-8/h2-3,6H,1,4-5H2,(H,13,14). The number of benzene rings is 1. The Balaban J connectivity index is 2.34. The highest BCUT2D eigenvalue weighted by Gasteiger charge is 2.18. The molecule has 0 fully saturated rings. The number of ether oxygens (including phenoxy) is 2. The van der Waals surface area contributed by atoms with Crippen molar-refractivity contribution in [1.29, 1.82) is 0 Å². The van der Waals surface area contributed by atoms with Gasteiger partial charge < -0.3 is 14.6 Å². The summed E-state index contributed by atoms with van der Waals surface area (Å²) in [5.41, 5.74) is 0.0942. The number of Topliss-reactive ketones (excluding diaryl/α,β-unsaturated/α-hetero) is 1. The van der Waals surface area contributed by atoms with Gasteiger partial charge in [0.1, 0.15) is 0 Å². The molecule has 0 amide bonds. The number of carbonyl (C=O) groups excluding carboxylic acids is 1. The van der Waals surface area contributed by atoms with Crippen molar-refractivity contribution < 1.29 is 24.2 Å². The first-order valence-electron chi connectivity index (χ1n) is 4.86. The quantitative estimate of drug-likeness (QED) is 0.599. The highest BCUT2D eigenvalue weighted by Crippen LogP contribution is 2.30. The molecule has 1 aromatic rings. The van der Waals surface area contributed by atoms with Crippen molar-refractivity contribution in [2.24, 2.45) is 0 Å². The lowest BCUT2D eigenvalue weighted by molar-refractivity contribution is -0.131. The van der Waals surface area contributed by atoms with Crippen LogP contribution in [0.1, 0.15) is 16.8 Å². The minimum absolute atomic E-state index is 0.0942. The van der Waals surface area contributed by atoms with E-state index < -0.39 is 11.8 Å². The second kappa shape index (κ2) is 4.22. The number of hydrogen-bond acceptors (Lipinski definition) is 4. The normalized spacial score (nSPS) is 14.0. The molecule has 1 aromatic carbocycles. The largest absolute Gasteiger partial charge is 0.490 e. The number of rotatable bonds is 2. The monoisotopic (exact) mass is 222 g/mol. The van der Waals surface area contributed by atoms with Gasteiger partial charge in [0.25, 0.3) is 5.78 Å². The van der Waals surface area contributed by atoms with Gasteiger partial charge in [-0.05, 0) is 18.2 Å². The van der Waals surface area contributed by atoms with Crippen LogP contribution >= 0.6 is 0 Å². The third-order valence-electron chi connectivity index (χ3n) is 2.20. The molecule has 5 nitrogen and oxygen atoms in total. The topological polar surface area (TPSA) is 72.8 Å². The molecule has 0 aliphatic carbocycles. The van der Waals surface area contributed by atoms with Crippen molar-refractivity contribution in [2.75, 3.05) is 13.2 Å². The van der Waals surface area contributed by atoms with Gasteiger partial charge in [-0.1, -0.05) is 0 Å². The molecule has 0 atom stereocenters. The van der Waals surface area contributed by atoms with E-state index in [1.54, 1.807) is 6.07 Å². The van der Waals surface area contributed by atoms with E-state index in [1.165, 1.54) is 12.1 Å². The fourth-order valence-corrected chi connectivity index (χ4v) is 1.43. The zero-order valence-corrected chi connectivity index (χ0v) is 8.43. The van der Waals surface area contributed by atoms with Crippen LogP contribution in [0, 0.1) is 0 Å². The molecule has 0 saturated carbocycles. The van der Waals surface area contributed by atoms with Crippen molar-refractivity contribution in [3.63, 3.8) is 0 Å². The first-order valence-corrected chi connectivity index (χ1v) is 4.86. The Morgan fingerprint density at radius 1 is 1.12 bits per heavy atom. The maximum absolute atomic E-state index is 11.2. The van der Waals surface area contributed by atoms with Crippen molar-refractivity contribution >= 4 is 11.8 Å². The summed E-state index contributed by atoms with van der Waals surface area (Å²) in [7, 11) is 0. The van der Waals surface area contributed by atoms with E-state index >= 15 is 0 Å². The summed E-state index contributed by atoms with van der Waals surface area (Å²) in [4.78, 5) is 21.7. The Labute approximate surface area is 91.6 Å². The van der Waals surface area contributed by atoms with Gasteiger partial charge in [0.2, 0.25) is 0 Å². The lowest BCUT2D eigenvalue weighted by Crippen LogP contribution is -2.12. The highest BCUT2D eigenvalue weighted by molar-refractivity contribution is 6.39. The number of carboxylic acids is 1. The third-order valence-corrected chi connectivity index (χ3v) is 2.20. The van der Waals surface area contributed by atoms with Crippen LogP contribution in [-0.4, -0.2) is 30.1 Å². The van der Waals surface area contributed by atoms with Crippen LogP contribution in [0.15, 0.2) is 18.2 Å². The maximum atomic E-state index is 11.2. The molecule has 0 aromatic heterocycles. The van der Waals surface area contributed by atoms with Crippen molar-refractivity contribution in [3.05, 3.63) is 23.8 Å². The first kappa shape index (κ1) is 10.5. The zero-order valence-electron chi connectivity index (χ0n) is 8.43. The van der Waals surface area contributed by atoms with Crippen molar-refractivity contribution in [2.45, 2.75) is 6.42 Å². The summed E-state index contributed by atoms with van der Waals surface area (Å²) in [5, 5.41) is 8.57. The third kappa shape index (κ3) is 1.98. The number of carboxylic acid groups (broad SMARTS) is 1. The highest BCUT2D eigenvalue weighted by atomic mass is 16.5. The Bertz CT molecular complexity index is 438. The molecule has 1 aliphatic rings. The molecular formula is C11H10O5. The number of fused-ring (bicyclic) bond motifs is 1. The Morgan fingerprint density at radius 2 is 1.81 bits per heavy atom. The molecule has 0 saturated heterocycles. The molecule has 2 rings (SSSR count). The summed E-state index contributed by atoms with van der Waals surface area (Å²) < 4.78 is 10.7. The first-order chi connectivity index (χ1) is 7.68. The number of hydrogen-bond donors (Lipinski definition) is 1. The molecule has 0 bridgehead atoms. The van der Waals surface area contributed by atoms with E-state index in [0.29, 0.717) is 24.7 Å². The fraction of sp³-hybridized carbons (Fsp3) is 0.273. The SMILES string of the molecule is O=C(O)C(=O)c1ccc2c(c1)OCCCO2. The van der Waals surface area contributed by atoms with Crippen LogP contribution in [0.2, 0.25) is 0 Å². The lowest BCUT2D eigenvalue weighted by Gasteiger charge is -2.07. The predicted octanol–water partition coefficient (Wildman–Crippen LogP) is 1.12. The molecule has 1 heterocycles. The number of aliphatic carboxylic acids is 1. The molecule has 0 unspecified atom stereocenters. The molecular weight excluding hydrogens is 212 g/mol. The molecule has 5 heteroatoms. The van der Waals surface area contributed by atoms with E-state index in [2.05, 4.69) is 0 Å². The van der Waals surface area contributed by atoms with Crippen molar-refractivity contribution in [3.8, 4) is 11.5 Å². The summed E-state index contributed by atoms with van der Waals surface area (Å²) in [6.45, 7) is 1.05.